The van der Waals surface area contributed by atoms with E-state index >= 15 is 0 Å². The number of aryl methyl sites for hydroxylation is 3. The monoisotopic (exact) mass is 324 g/mol. The van der Waals surface area contributed by atoms with Gasteiger partial charge in [-0.1, -0.05) is 30.3 Å². The number of aromatic nitrogens is 1. The van der Waals surface area contributed by atoms with Crippen molar-refractivity contribution in [3.05, 3.63) is 58.1 Å². The lowest BCUT2D eigenvalue weighted by atomic mass is 10.0. The van der Waals surface area contributed by atoms with Crippen molar-refractivity contribution in [1.82, 2.24) is 9.47 Å². The molecule has 0 saturated heterocycles. The minimum absolute atomic E-state index is 1.11. The molecule has 1 aromatic carbocycles. The van der Waals surface area contributed by atoms with Gasteiger partial charge in [0, 0.05) is 37.1 Å². The fourth-order valence-corrected chi connectivity index (χ4v) is 4.99. The lowest BCUT2D eigenvalue weighted by molar-refractivity contribution is 0.309. The lowest BCUT2D eigenvalue weighted by Gasteiger charge is -2.24. The van der Waals surface area contributed by atoms with Crippen LogP contribution < -0.4 is 0 Å². The average Bonchev–Trinajstić information content (AvgIpc) is 3.08. The van der Waals surface area contributed by atoms with E-state index in [9.17, 15) is 0 Å². The molecule has 2 aromatic heterocycles. The standard InChI is InChI=1S/C20H24N2S/c1-15-14-23-20-19(15)17-13-21(2)12-10-18(17)22(20)11-6-9-16-7-4-3-5-8-16/h3-5,7-8,14H,6,9-13H2,1-2H3. The van der Waals surface area contributed by atoms with E-state index in [0.29, 0.717) is 0 Å². The van der Waals surface area contributed by atoms with E-state index in [1.165, 1.54) is 47.2 Å². The zero-order valence-electron chi connectivity index (χ0n) is 14.0. The van der Waals surface area contributed by atoms with Crippen LogP contribution in [0.5, 0.6) is 0 Å². The third kappa shape index (κ3) is 2.73. The average molecular weight is 324 g/mol. The Morgan fingerprint density at radius 2 is 2.00 bits per heavy atom. The highest BCUT2D eigenvalue weighted by Crippen LogP contribution is 2.36. The molecule has 1 aliphatic heterocycles. The summed E-state index contributed by atoms with van der Waals surface area (Å²) in [5.74, 6) is 0. The third-order valence-corrected chi connectivity index (χ3v) is 6.14. The summed E-state index contributed by atoms with van der Waals surface area (Å²) in [5, 5.41) is 3.86. The van der Waals surface area contributed by atoms with Gasteiger partial charge in [-0.3, -0.25) is 0 Å². The molecule has 3 heterocycles. The van der Waals surface area contributed by atoms with E-state index in [4.69, 9.17) is 0 Å². The number of thiophene rings is 1. The van der Waals surface area contributed by atoms with Crippen LogP contribution >= 0.6 is 11.3 Å². The second kappa shape index (κ2) is 6.14. The first-order valence-electron chi connectivity index (χ1n) is 8.54. The van der Waals surface area contributed by atoms with Crippen molar-refractivity contribution in [3.63, 3.8) is 0 Å². The Morgan fingerprint density at radius 1 is 1.17 bits per heavy atom. The number of nitrogens with zero attached hydrogens (tertiary/aromatic N) is 2. The van der Waals surface area contributed by atoms with E-state index in [2.05, 4.69) is 59.2 Å². The van der Waals surface area contributed by atoms with Crippen molar-refractivity contribution in [1.29, 1.82) is 0 Å². The van der Waals surface area contributed by atoms with Crippen LogP contribution in [0.25, 0.3) is 10.2 Å². The Labute approximate surface area is 142 Å². The van der Waals surface area contributed by atoms with Crippen molar-refractivity contribution in [2.45, 2.75) is 39.3 Å². The molecule has 0 N–H and O–H groups in total. The number of rotatable bonds is 4. The molecule has 0 bridgehead atoms. The molecule has 0 atom stereocenters. The molecule has 0 radical (unpaired) electrons. The zero-order valence-corrected chi connectivity index (χ0v) is 14.8. The number of fused-ring (bicyclic) bond motifs is 3. The molecular formula is C20H24N2S. The first-order valence-corrected chi connectivity index (χ1v) is 9.42. The predicted molar refractivity (Wildman–Crippen MR) is 99.4 cm³/mol. The van der Waals surface area contributed by atoms with Crippen LogP contribution in [0.3, 0.4) is 0 Å². The quantitative estimate of drug-likeness (QED) is 0.679. The molecule has 120 valence electrons. The first kappa shape index (κ1) is 15.0. The maximum absolute atomic E-state index is 2.62. The van der Waals surface area contributed by atoms with Gasteiger partial charge in [-0.15, -0.1) is 11.3 Å². The highest BCUT2D eigenvalue weighted by atomic mass is 32.1. The molecule has 0 saturated carbocycles. The minimum Gasteiger partial charge on any atom is -0.336 e. The SMILES string of the molecule is Cc1csc2c1c1c(n2CCCc2ccccc2)CCN(C)C1. The molecule has 0 spiro atoms. The summed E-state index contributed by atoms with van der Waals surface area (Å²) in [7, 11) is 2.24. The van der Waals surface area contributed by atoms with Gasteiger partial charge >= 0.3 is 0 Å². The maximum Gasteiger partial charge on any atom is 0.103 e. The summed E-state index contributed by atoms with van der Waals surface area (Å²) in [4.78, 5) is 3.95. The number of benzene rings is 1. The molecule has 0 fully saturated rings. The summed E-state index contributed by atoms with van der Waals surface area (Å²) in [5.41, 5.74) is 6.10. The van der Waals surface area contributed by atoms with Gasteiger partial charge in [0.1, 0.15) is 4.83 Å². The van der Waals surface area contributed by atoms with Crippen molar-refractivity contribution >= 4 is 21.6 Å². The Morgan fingerprint density at radius 3 is 2.83 bits per heavy atom. The summed E-state index contributed by atoms with van der Waals surface area (Å²) in [6.45, 7) is 5.70. The van der Waals surface area contributed by atoms with Crippen molar-refractivity contribution in [2.75, 3.05) is 13.6 Å². The molecule has 23 heavy (non-hydrogen) atoms. The van der Waals surface area contributed by atoms with E-state index in [-0.39, 0.29) is 0 Å². The van der Waals surface area contributed by atoms with Gasteiger partial charge in [0.2, 0.25) is 0 Å². The smallest absolute Gasteiger partial charge is 0.103 e. The first-order chi connectivity index (χ1) is 11.2. The highest BCUT2D eigenvalue weighted by Gasteiger charge is 2.24. The van der Waals surface area contributed by atoms with Crippen LogP contribution in [-0.4, -0.2) is 23.1 Å². The van der Waals surface area contributed by atoms with Gasteiger partial charge in [0.05, 0.1) is 0 Å². The van der Waals surface area contributed by atoms with Gasteiger partial charge in [-0.25, -0.2) is 0 Å². The number of likely N-dealkylation sites (N-methyl/N-ethyl adjacent to an activating group) is 1. The molecule has 2 nitrogen and oxygen atoms in total. The van der Waals surface area contributed by atoms with Crippen LogP contribution in [0, 0.1) is 6.92 Å². The third-order valence-electron chi connectivity index (χ3n) is 5.02. The minimum atomic E-state index is 1.11. The molecule has 3 heteroatoms. The fraction of sp³-hybridized carbons (Fsp3) is 0.400. The van der Waals surface area contributed by atoms with Gasteiger partial charge in [0.25, 0.3) is 0 Å². The molecule has 1 aliphatic rings. The largest absolute Gasteiger partial charge is 0.336 e. The maximum atomic E-state index is 2.62. The van der Waals surface area contributed by atoms with E-state index in [1.54, 1.807) is 11.3 Å². The van der Waals surface area contributed by atoms with Crippen LogP contribution in [0.1, 0.15) is 28.8 Å². The summed E-state index contributed by atoms with van der Waals surface area (Å²) >= 11 is 1.93. The Hall–Kier alpha value is -1.58. The van der Waals surface area contributed by atoms with Gasteiger partial charge in [-0.2, -0.15) is 0 Å². The van der Waals surface area contributed by atoms with E-state index in [1.807, 2.05) is 11.3 Å². The second-order valence-electron chi connectivity index (χ2n) is 6.75. The molecule has 4 rings (SSSR count). The topological polar surface area (TPSA) is 8.17 Å². The molecule has 0 unspecified atom stereocenters. The predicted octanol–water partition coefficient (Wildman–Crippen LogP) is 4.63. The number of hydrogen-bond donors (Lipinski definition) is 0. The van der Waals surface area contributed by atoms with Crippen LogP contribution in [-0.2, 0) is 25.9 Å². The highest BCUT2D eigenvalue weighted by molar-refractivity contribution is 7.17. The lowest BCUT2D eigenvalue weighted by Crippen LogP contribution is -2.27. The fourth-order valence-electron chi connectivity index (χ4n) is 3.85. The van der Waals surface area contributed by atoms with Crippen molar-refractivity contribution in [3.8, 4) is 0 Å². The second-order valence-corrected chi connectivity index (χ2v) is 7.61. The Balaban J connectivity index is 1.62. The molecule has 0 aliphatic carbocycles. The van der Waals surface area contributed by atoms with Crippen molar-refractivity contribution < 1.29 is 0 Å². The zero-order chi connectivity index (χ0) is 15.8. The summed E-state index contributed by atoms with van der Waals surface area (Å²) in [6.07, 6.45) is 3.57. The van der Waals surface area contributed by atoms with Gasteiger partial charge in [-0.05, 0) is 48.9 Å². The van der Waals surface area contributed by atoms with Gasteiger partial charge in [0.15, 0.2) is 0 Å². The Kier molecular flexibility index (Phi) is 4.00. The molecule has 0 amide bonds. The normalized spacial score (nSPS) is 15.2. The summed E-state index contributed by atoms with van der Waals surface area (Å²) in [6, 6.07) is 10.9. The van der Waals surface area contributed by atoms with E-state index < -0.39 is 0 Å². The van der Waals surface area contributed by atoms with Crippen LogP contribution in [0.4, 0.5) is 0 Å². The Bertz CT molecular complexity index is 813. The van der Waals surface area contributed by atoms with E-state index in [0.717, 1.165) is 13.1 Å². The number of hydrogen-bond acceptors (Lipinski definition) is 2. The van der Waals surface area contributed by atoms with Gasteiger partial charge < -0.3 is 9.47 Å². The summed E-state index contributed by atoms with van der Waals surface area (Å²) < 4.78 is 2.62. The van der Waals surface area contributed by atoms with Crippen LogP contribution in [0.2, 0.25) is 0 Å². The van der Waals surface area contributed by atoms with Crippen molar-refractivity contribution in [2.24, 2.45) is 0 Å². The molecular weight excluding hydrogens is 300 g/mol. The molecule has 3 aromatic rings. The van der Waals surface area contributed by atoms with Crippen LogP contribution in [0.15, 0.2) is 35.7 Å².